The Balaban J connectivity index is 1.34. The molecule has 0 atom stereocenters. The fraction of sp³-hybridized carbons (Fsp3) is 0.0870. The number of fused-ring (bicyclic) bond motifs is 1. The standard InChI is InChI=1S/C23H18F2N4O2/c24-17-9-8-16(13-18(17)25)27-21-5-1-4-19(28-21)23(31)26-10-2-3-14-6-7-15-12-22(30)29-20(15)11-14/h1-9,11,13H,10,12H2,(H,26,31)(H,27,28)(H,29,30). The molecule has 1 aliphatic heterocycles. The molecular weight excluding hydrogens is 402 g/mol. The van der Waals surface area contributed by atoms with E-state index in [1.807, 2.05) is 24.3 Å². The van der Waals surface area contributed by atoms with Crippen molar-refractivity contribution in [2.75, 3.05) is 17.2 Å². The van der Waals surface area contributed by atoms with Crippen LogP contribution in [0.2, 0.25) is 0 Å². The van der Waals surface area contributed by atoms with Crippen LogP contribution in [-0.4, -0.2) is 23.3 Å². The van der Waals surface area contributed by atoms with E-state index in [9.17, 15) is 18.4 Å². The number of benzene rings is 2. The van der Waals surface area contributed by atoms with Crippen LogP contribution in [0, 0.1) is 11.6 Å². The molecule has 0 fully saturated rings. The first-order valence-corrected chi connectivity index (χ1v) is 9.54. The van der Waals surface area contributed by atoms with Crippen molar-refractivity contribution in [3.8, 4) is 0 Å². The number of carbonyl (C=O) groups excluding carboxylic acids is 2. The molecular formula is C23H18F2N4O2. The van der Waals surface area contributed by atoms with Crippen molar-refractivity contribution in [2.45, 2.75) is 6.42 Å². The molecule has 1 aliphatic rings. The molecule has 156 valence electrons. The predicted molar refractivity (Wildman–Crippen MR) is 114 cm³/mol. The Morgan fingerprint density at radius 1 is 1.10 bits per heavy atom. The SMILES string of the molecule is O=C1Cc2ccc(C=CCNC(=O)c3cccc(Nc4ccc(F)c(F)c4)n3)cc2N1. The molecule has 0 saturated heterocycles. The van der Waals surface area contributed by atoms with E-state index in [1.165, 1.54) is 6.07 Å². The average molecular weight is 420 g/mol. The Hall–Kier alpha value is -4.07. The monoisotopic (exact) mass is 420 g/mol. The van der Waals surface area contributed by atoms with Crippen molar-refractivity contribution in [1.82, 2.24) is 10.3 Å². The lowest BCUT2D eigenvalue weighted by molar-refractivity contribution is -0.115. The maximum absolute atomic E-state index is 13.3. The Labute approximate surface area is 177 Å². The zero-order valence-electron chi connectivity index (χ0n) is 16.3. The van der Waals surface area contributed by atoms with Gasteiger partial charge in [0.1, 0.15) is 11.5 Å². The molecule has 8 heteroatoms. The van der Waals surface area contributed by atoms with Gasteiger partial charge >= 0.3 is 0 Å². The summed E-state index contributed by atoms with van der Waals surface area (Å²) in [5, 5.41) is 8.38. The largest absolute Gasteiger partial charge is 0.347 e. The number of rotatable bonds is 6. The lowest BCUT2D eigenvalue weighted by Crippen LogP contribution is -2.24. The summed E-state index contributed by atoms with van der Waals surface area (Å²) < 4.78 is 26.4. The highest BCUT2D eigenvalue weighted by Gasteiger charge is 2.16. The zero-order chi connectivity index (χ0) is 21.8. The average Bonchev–Trinajstić information content (AvgIpc) is 3.13. The number of pyridine rings is 1. The molecule has 2 amide bonds. The van der Waals surface area contributed by atoms with Crippen molar-refractivity contribution in [3.05, 3.63) is 89.1 Å². The van der Waals surface area contributed by atoms with Crippen molar-refractivity contribution < 1.29 is 18.4 Å². The zero-order valence-corrected chi connectivity index (χ0v) is 16.3. The van der Waals surface area contributed by atoms with E-state index < -0.39 is 11.6 Å². The number of aromatic nitrogens is 1. The highest BCUT2D eigenvalue weighted by molar-refractivity contribution is 5.99. The number of nitrogens with zero attached hydrogens (tertiary/aromatic N) is 1. The van der Waals surface area contributed by atoms with Gasteiger partial charge in [-0.15, -0.1) is 0 Å². The molecule has 0 bridgehead atoms. The second-order valence-electron chi connectivity index (χ2n) is 6.92. The Morgan fingerprint density at radius 3 is 2.81 bits per heavy atom. The quantitative estimate of drug-likeness (QED) is 0.562. The van der Waals surface area contributed by atoms with E-state index in [0.717, 1.165) is 28.9 Å². The Bertz CT molecular complexity index is 1190. The smallest absolute Gasteiger partial charge is 0.270 e. The van der Waals surface area contributed by atoms with Crippen LogP contribution in [0.1, 0.15) is 21.6 Å². The maximum Gasteiger partial charge on any atom is 0.270 e. The number of halogens is 2. The lowest BCUT2D eigenvalue weighted by atomic mass is 10.1. The number of hydrogen-bond acceptors (Lipinski definition) is 4. The van der Waals surface area contributed by atoms with Gasteiger partial charge in [-0.2, -0.15) is 0 Å². The second-order valence-corrected chi connectivity index (χ2v) is 6.92. The maximum atomic E-state index is 13.3. The van der Waals surface area contributed by atoms with Crippen LogP contribution >= 0.6 is 0 Å². The Morgan fingerprint density at radius 2 is 1.97 bits per heavy atom. The van der Waals surface area contributed by atoms with Crippen molar-refractivity contribution in [2.24, 2.45) is 0 Å². The fourth-order valence-corrected chi connectivity index (χ4v) is 3.13. The third-order valence-corrected chi connectivity index (χ3v) is 4.62. The van der Waals surface area contributed by atoms with Crippen LogP contribution < -0.4 is 16.0 Å². The van der Waals surface area contributed by atoms with Gasteiger partial charge in [0.05, 0.1) is 6.42 Å². The van der Waals surface area contributed by atoms with E-state index in [1.54, 1.807) is 24.3 Å². The summed E-state index contributed by atoms with van der Waals surface area (Å²) in [5.74, 6) is -1.98. The molecule has 0 saturated carbocycles. The van der Waals surface area contributed by atoms with Crippen LogP contribution in [-0.2, 0) is 11.2 Å². The number of hydrogen-bond donors (Lipinski definition) is 3. The molecule has 1 aromatic heterocycles. The first kappa shape index (κ1) is 20.2. The van der Waals surface area contributed by atoms with Gasteiger partial charge in [-0.25, -0.2) is 13.8 Å². The van der Waals surface area contributed by atoms with E-state index in [0.29, 0.717) is 17.9 Å². The van der Waals surface area contributed by atoms with Crippen molar-refractivity contribution in [1.29, 1.82) is 0 Å². The van der Waals surface area contributed by atoms with Crippen LogP contribution in [0.4, 0.5) is 26.0 Å². The third kappa shape index (κ3) is 4.92. The number of nitrogens with one attached hydrogen (secondary N) is 3. The molecule has 2 aromatic carbocycles. The van der Waals surface area contributed by atoms with E-state index in [4.69, 9.17) is 0 Å². The van der Waals surface area contributed by atoms with Gasteiger partial charge in [0.15, 0.2) is 11.6 Å². The predicted octanol–water partition coefficient (Wildman–Crippen LogP) is 4.04. The van der Waals surface area contributed by atoms with E-state index >= 15 is 0 Å². The summed E-state index contributed by atoms with van der Waals surface area (Å²) in [7, 11) is 0. The minimum Gasteiger partial charge on any atom is -0.347 e. The van der Waals surface area contributed by atoms with Crippen LogP contribution in [0.3, 0.4) is 0 Å². The van der Waals surface area contributed by atoms with Crippen molar-refractivity contribution >= 4 is 35.1 Å². The van der Waals surface area contributed by atoms with Crippen LogP contribution in [0.15, 0.2) is 60.7 Å². The van der Waals surface area contributed by atoms with Gasteiger partial charge in [0.2, 0.25) is 5.91 Å². The molecule has 6 nitrogen and oxygen atoms in total. The molecule has 0 radical (unpaired) electrons. The van der Waals surface area contributed by atoms with E-state index in [2.05, 4.69) is 20.9 Å². The summed E-state index contributed by atoms with van der Waals surface area (Å²) in [6, 6.07) is 13.9. The first-order chi connectivity index (χ1) is 15.0. The van der Waals surface area contributed by atoms with Crippen LogP contribution in [0.5, 0.6) is 0 Å². The lowest BCUT2D eigenvalue weighted by Gasteiger charge is -2.08. The highest BCUT2D eigenvalue weighted by atomic mass is 19.2. The van der Waals surface area contributed by atoms with Gasteiger partial charge < -0.3 is 16.0 Å². The van der Waals surface area contributed by atoms with Gasteiger partial charge in [-0.1, -0.05) is 30.4 Å². The Kier molecular flexibility index (Phi) is 5.70. The van der Waals surface area contributed by atoms with E-state index in [-0.39, 0.29) is 24.1 Å². The summed E-state index contributed by atoms with van der Waals surface area (Å²) in [5.41, 5.74) is 3.19. The second kappa shape index (κ2) is 8.74. The van der Waals surface area contributed by atoms with Gasteiger partial charge in [0, 0.05) is 24.0 Å². The van der Waals surface area contributed by atoms with Crippen LogP contribution in [0.25, 0.3) is 6.08 Å². The van der Waals surface area contributed by atoms with Gasteiger partial charge in [-0.05, 0) is 41.5 Å². The molecule has 31 heavy (non-hydrogen) atoms. The highest BCUT2D eigenvalue weighted by Crippen LogP contribution is 2.24. The van der Waals surface area contributed by atoms with Gasteiger partial charge in [-0.3, -0.25) is 9.59 Å². The minimum atomic E-state index is -0.976. The third-order valence-electron chi connectivity index (χ3n) is 4.62. The molecule has 3 aromatic rings. The summed E-state index contributed by atoms with van der Waals surface area (Å²) >= 11 is 0. The summed E-state index contributed by atoms with van der Waals surface area (Å²) in [4.78, 5) is 28.0. The molecule has 4 rings (SSSR count). The number of amides is 2. The molecule has 0 aliphatic carbocycles. The number of carbonyl (C=O) groups is 2. The summed E-state index contributed by atoms with van der Waals surface area (Å²) in [6.07, 6.45) is 4.03. The minimum absolute atomic E-state index is 0.0165. The molecule has 0 unspecified atom stereocenters. The normalized spacial score (nSPS) is 12.5. The summed E-state index contributed by atoms with van der Waals surface area (Å²) in [6.45, 7) is 0.283. The van der Waals surface area contributed by atoms with Crippen molar-refractivity contribution in [3.63, 3.8) is 0 Å². The molecule has 0 spiro atoms. The van der Waals surface area contributed by atoms with Gasteiger partial charge in [0.25, 0.3) is 5.91 Å². The molecule has 3 N–H and O–H groups in total. The number of anilines is 3. The molecule has 2 heterocycles. The fourth-order valence-electron chi connectivity index (χ4n) is 3.13. The topological polar surface area (TPSA) is 83.1 Å². The first-order valence-electron chi connectivity index (χ1n) is 9.54.